The zero-order chi connectivity index (χ0) is 18.6. The van der Waals surface area contributed by atoms with Gasteiger partial charge in [0.1, 0.15) is 18.1 Å². The fraction of sp³-hybridized carbons (Fsp3) is 0.429. The van der Waals surface area contributed by atoms with Gasteiger partial charge in [-0.2, -0.15) is 0 Å². The van der Waals surface area contributed by atoms with E-state index < -0.39 is 0 Å². The van der Waals surface area contributed by atoms with Gasteiger partial charge in [0, 0.05) is 13.1 Å². The Hall–Kier alpha value is -2.08. The zero-order valence-corrected chi connectivity index (χ0v) is 15.2. The fourth-order valence-corrected chi connectivity index (χ4v) is 2.79. The largest absolute Gasteiger partial charge is 0.508 e. The summed E-state index contributed by atoms with van der Waals surface area (Å²) >= 11 is 0. The van der Waals surface area contributed by atoms with Gasteiger partial charge in [0.05, 0.1) is 13.2 Å². The van der Waals surface area contributed by atoms with Gasteiger partial charge in [0.25, 0.3) is 0 Å². The summed E-state index contributed by atoms with van der Waals surface area (Å²) in [5, 5.41) is 27.3. The van der Waals surface area contributed by atoms with Crippen molar-refractivity contribution in [1.29, 1.82) is 0 Å². The molecule has 5 heteroatoms. The number of phenolic OH excluding ortho intramolecular Hbond substituents is 1. The van der Waals surface area contributed by atoms with E-state index in [0.29, 0.717) is 19.7 Å². The Balaban J connectivity index is 1.69. The van der Waals surface area contributed by atoms with E-state index in [1.165, 1.54) is 5.56 Å². The van der Waals surface area contributed by atoms with Crippen LogP contribution in [0.5, 0.6) is 11.5 Å². The molecular formula is C21H29NO4. The predicted molar refractivity (Wildman–Crippen MR) is 102 cm³/mol. The van der Waals surface area contributed by atoms with Crippen LogP contribution in [0.2, 0.25) is 0 Å². The minimum atomic E-state index is 0.133. The second-order valence-corrected chi connectivity index (χ2v) is 6.35. The van der Waals surface area contributed by atoms with Crippen molar-refractivity contribution >= 4 is 0 Å². The topological polar surface area (TPSA) is 73.2 Å². The van der Waals surface area contributed by atoms with Gasteiger partial charge in [-0.3, -0.25) is 4.90 Å². The Bertz CT molecular complexity index is 607. The summed E-state index contributed by atoms with van der Waals surface area (Å²) in [5.74, 6) is 0.972. The van der Waals surface area contributed by atoms with Gasteiger partial charge in [-0.25, -0.2) is 0 Å². The smallest absolute Gasteiger partial charge is 0.120 e. The highest BCUT2D eigenvalue weighted by Crippen LogP contribution is 2.17. The Morgan fingerprint density at radius 1 is 0.731 bits per heavy atom. The summed E-state index contributed by atoms with van der Waals surface area (Å²) in [6, 6.07) is 15.2. The van der Waals surface area contributed by atoms with Crippen molar-refractivity contribution in [2.75, 3.05) is 32.8 Å². The highest BCUT2D eigenvalue weighted by atomic mass is 16.5. The van der Waals surface area contributed by atoms with Crippen LogP contribution < -0.4 is 4.74 Å². The van der Waals surface area contributed by atoms with Crippen molar-refractivity contribution in [2.45, 2.75) is 25.9 Å². The van der Waals surface area contributed by atoms with Crippen molar-refractivity contribution in [2.24, 2.45) is 0 Å². The average Bonchev–Trinajstić information content (AvgIpc) is 2.66. The van der Waals surface area contributed by atoms with Crippen LogP contribution in [-0.2, 0) is 13.0 Å². The first-order chi connectivity index (χ1) is 12.7. The van der Waals surface area contributed by atoms with Crippen LogP contribution in [0.4, 0.5) is 0 Å². The molecule has 0 aliphatic rings. The number of aliphatic hydroxyl groups is 2. The number of hydrogen-bond donors (Lipinski definition) is 3. The standard InChI is InChI=1S/C21H29NO4/c23-15-13-22(14-16-24)12-2-1-3-18-4-6-19(7-5-18)17-26-21-10-8-20(25)9-11-21/h4-11,23-25H,1-3,12-17H2. The molecule has 0 aliphatic heterocycles. The van der Waals surface area contributed by atoms with Crippen LogP contribution in [-0.4, -0.2) is 53.1 Å². The molecule has 0 atom stereocenters. The van der Waals surface area contributed by atoms with Crippen molar-refractivity contribution < 1.29 is 20.1 Å². The van der Waals surface area contributed by atoms with E-state index in [4.69, 9.17) is 14.9 Å². The number of aliphatic hydroxyl groups excluding tert-OH is 2. The molecule has 0 saturated heterocycles. The van der Waals surface area contributed by atoms with Gasteiger partial charge >= 0.3 is 0 Å². The minimum Gasteiger partial charge on any atom is -0.508 e. The summed E-state index contributed by atoms with van der Waals surface area (Å²) in [6.45, 7) is 2.91. The number of nitrogens with zero attached hydrogens (tertiary/aromatic N) is 1. The van der Waals surface area contributed by atoms with Gasteiger partial charge in [-0.05, 0) is 61.2 Å². The van der Waals surface area contributed by atoms with Gasteiger partial charge in [0.15, 0.2) is 0 Å². The monoisotopic (exact) mass is 359 g/mol. The SMILES string of the molecule is OCCN(CCO)CCCCc1ccc(COc2ccc(O)cc2)cc1. The normalized spacial score (nSPS) is 11.0. The third kappa shape index (κ3) is 7.44. The maximum Gasteiger partial charge on any atom is 0.120 e. The first-order valence-electron chi connectivity index (χ1n) is 9.15. The van der Waals surface area contributed by atoms with Gasteiger partial charge in [-0.15, -0.1) is 0 Å². The van der Waals surface area contributed by atoms with E-state index in [1.807, 2.05) is 0 Å². The van der Waals surface area contributed by atoms with E-state index in [0.717, 1.165) is 37.1 Å². The maximum absolute atomic E-state index is 9.26. The minimum absolute atomic E-state index is 0.133. The van der Waals surface area contributed by atoms with Crippen molar-refractivity contribution in [3.63, 3.8) is 0 Å². The van der Waals surface area contributed by atoms with Gasteiger partial charge in [-0.1, -0.05) is 24.3 Å². The second kappa shape index (κ2) is 11.5. The predicted octanol–water partition coefficient (Wildman–Crippen LogP) is 2.58. The molecule has 0 aliphatic carbocycles. The Morgan fingerprint density at radius 3 is 1.96 bits per heavy atom. The van der Waals surface area contributed by atoms with E-state index in [2.05, 4.69) is 29.2 Å². The number of unbranched alkanes of at least 4 members (excludes halogenated alkanes) is 1. The molecule has 0 radical (unpaired) electrons. The molecule has 0 heterocycles. The third-order valence-corrected chi connectivity index (χ3v) is 4.29. The number of aromatic hydroxyl groups is 1. The van der Waals surface area contributed by atoms with Crippen LogP contribution in [0.25, 0.3) is 0 Å². The summed E-state index contributed by atoms with van der Waals surface area (Å²) in [7, 11) is 0. The first kappa shape index (κ1) is 20.2. The number of aryl methyl sites for hydroxylation is 1. The number of rotatable bonds is 12. The van der Waals surface area contributed by atoms with Crippen LogP contribution in [0.15, 0.2) is 48.5 Å². The molecule has 26 heavy (non-hydrogen) atoms. The highest BCUT2D eigenvalue weighted by molar-refractivity contribution is 5.30. The lowest BCUT2D eigenvalue weighted by atomic mass is 10.1. The summed E-state index contributed by atoms with van der Waals surface area (Å²) < 4.78 is 5.70. The Labute approximate surface area is 155 Å². The Morgan fingerprint density at radius 2 is 1.35 bits per heavy atom. The lowest BCUT2D eigenvalue weighted by Crippen LogP contribution is -2.30. The first-order valence-corrected chi connectivity index (χ1v) is 9.15. The molecule has 2 rings (SSSR count). The summed E-state index contributed by atoms with van der Waals surface area (Å²) in [4.78, 5) is 2.09. The molecule has 0 fully saturated rings. The quantitative estimate of drug-likeness (QED) is 0.508. The van der Waals surface area contributed by atoms with Crippen LogP contribution >= 0.6 is 0 Å². The molecule has 0 bridgehead atoms. The second-order valence-electron chi connectivity index (χ2n) is 6.35. The number of benzene rings is 2. The lowest BCUT2D eigenvalue weighted by Gasteiger charge is -2.19. The molecule has 0 saturated carbocycles. The number of ether oxygens (including phenoxy) is 1. The van der Waals surface area contributed by atoms with Gasteiger partial charge < -0.3 is 20.1 Å². The van der Waals surface area contributed by atoms with E-state index >= 15 is 0 Å². The molecule has 5 nitrogen and oxygen atoms in total. The fourth-order valence-electron chi connectivity index (χ4n) is 2.79. The van der Waals surface area contributed by atoms with Crippen molar-refractivity contribution in [3.8, 4) is 11.5 Å². The van der Waals surface area contributed by atoms with Crippen LogP contribution in [0.3, 0.4) is 0 Å². The lowest BCUT2D eigenvalue weighted by molar-refractivity contribution is 0.159. The summed E-state index contributed by atoms with van der Waals surface area (Å²) in [5.41, 5.74) is 2.41. The highest BCUT2D eigenvalue weighted by Gasteiger charge is 2.03. The number of phenols is 1. The van der Waals surface area contributed by atoms with E-state index in [9.17, 15) is 5.11 Å². The molecular weight excluding hydrogens is 330 g/mol. The zero-order valence-electron chi connectivity index (χ0n) is 15.2. The maximum atomic E-state index is 9.26. The van der Waals surface area contributed by atoms with Gasteiger partial charge in [0.2, 0.25) is 0 Å². The average molecular weight is 359 g/mol. The Kier molecular flexibility index (Phi) is 8.96. The third-order valence-electron chi connectivity index (χ3n) is 4.29. The molecule has 0 amide bonds. The van der Waals surface area contributed by atoms with E-state index in [-0.39, 0.29) is 19.0 Å². The molecule has 0 unspecified atom stereocenters. The van der Waals surface area contributed by atoms with Crippen molar-refractivity contribution in [3.05, 3.63) is 59.7 Å². The summed E-state index contributed by atoms with van der Waals surface area (Å²) in [6.07, 6.45) is 3.15. The van der Waals surface area contributed by atoms with Crippen LogP contribution in [0, 0.1) is 0 Å². The van der Waals surface area contributed by atoms with E-state index in [1.54, 1.807) is 24.3 Å². The molecule has 142 valence electrons. The molecule has 0 spiro atoms. The molecule has 3 N–H and O–H groups in total. The van der Waals surface area contributed by atoms with Crippen molar-refractivity contribution in [1.82, 2.24) is 4.90 Å². The molecule has 2 aromatic carbocycles. The molecule has 2 aromatic rings. The van der Waals surface area contributed by atoms with Crippen LogP contribution in [0.1, 0.15) is 24.0 Å². The molecule has 0 aromatic heterocycles. The number of hydrogen-bond acceptors (Lipinski definition) is 5.